The zero-order valence-corrected chi connectivity index (χ0v) is 12.4. The van der Waals surface area contributed by atoms with Crippen molar-refractivity contribution in [2.75, 3.05) is 17.4 Å². The Bertz CT molecular complexity index is 535. The number of nitrogens with one attached hydrogen (secondary N) is 1. The second-order valence-corrected chi connectivity index (χ2v) is 5.89. The van der Waals surface area contributed by atoms with Crippen molar-refractivity contribution < 1.29 is 0 Å². The van der Waals surface area contributed by atoms with E-state index in [9.17, 15) is 0 Å². The first-order valence-electron chi connectivity index (χ1n) is 5.92. The van der Waals surface area contributed by atoms with E-state index in [4.69, 9.17) is 17.4 Å². The van der Waals surface area contributed by atoms with E-state index < -0.39 is 0 Å². The third-order valence-corrected chi connectivity index (χ3v) is 3.85. The van der Waals surface area contributed by atoms with Gasteiger partial charge in [0.05, 0.1) is 10.9 Å². The van der Waals surface area contributed by atoms with E-state index in [0.29, 0.717) is 5.82 Å². The minimum atomic E-state index is 0.623. The van der Waals surface area contributed by atoms with Crippen molar-refractivity contribution in [1.82, 2.24) is 9.97 Å². The summed E-state index contributed by atoms with van der Waals surface area (Å²) in [5.41, 5.74) is 2.57. The zero-order valence-electron chi connectivity index (χ0n) is 10.9. The van der Waals surface area contributed by atoms with E-state index in [1.165, 1.54) is 4.88 Å². The predicted molar refractivity (Wildman–Crippen MR) is 80.7 cm³/mol. The number of hydrogen-bond donors (Lipinski definition) is 2. The van der Waals surface area contributed by atoms with Crippen molar-refractivity contribution in [3.63, 3.8) is 0 Å². The van der Waals surface area contributed by atoms with E-state index >= 15 is 0 Å². The summed E-state index contributed by atoms with van der Waals surface area (Å²) in [5, 5.41) is 0. The average molecular weight is 298 g/mol. The standard InChI is InChI=1S/C12H16ClN5S/c1-3-10-15-11(17-14)6-12(16-10)18(2)7-8-4-5-9(13)19-8/h4-6H,3,7,14H2,1-2H3,(H,15,16,17). The molecular formula is C12H16ClN5S. The Labute approximate surface area is 121 Å². The highest BCUT2D eigenvalue weighted by Crippen LogP contribution is 2.24. The van der Waals surface area contributed by atoms with Crippen LogP contribution in [0.2, 0.25) is 4.34 Å². The summed E-state index contributed by atoms with van der Waals surface area (Å²) < 4.78 is 0.796. The van der Waals surface area contributed by atoms with Crippen molar-refractivity contribution in [2.24, 2.45) is 5.84 Å². The number of rotatable bonds is 5. The third-order valence-electron chi connectivity index (χ3n) is 2.64. The van der Waals surface area contributed by atoms with Gasteiger partial charge < -0.3 is 10.3 Å². The van der Waals surface area contributed by atoms with Crippen LogP contribution in [-0.2, 0) is 13.0 Å². The van der Waals surface area contributed by atoms with Crippen molar-refractivity contribution in [2.45, 2.75) is 19.9 Å². The highest BCUT2D eigenvalue weighted by Gasteiger charge is 2.09. The quantitative estimate of drug-likeness (QED) is 0.656. The average Bonchev–Trinajstić information content (AvgIpc) is 2.83. The molecule has 0 bridgehead atoms. The monoisotopic (exact) mass is 297 g/mol. The Morgan fingerprint density at radius 1 is 1.42 bits per heavy atom. The molecule has 0 saturated heterocycles. The molecular weight excluding hydrogens is 282 g/mol. The predicted octanol–water partition coefficient (Wildman–Crippen LogP) is 2.68. The van der Waals surface area contributed by atoms with E-state index in [0.717, 1.165) is 28.9 Å². The number of nitrogen functional groups attached to an aromatic ring is 1. The molecule has 0 fully saturated rings. The van der Waals surface area contributed by atoms with E-state index in [2.05, 4.69) is 15.4 Å². The minimum Gasteiger partial charge on any atom is -0.354 e. The zero-order chi connectivity index (χ0) is 13.8. The van der Waals surface area contributed by atoms with Gasteiger partial charge in [-0.2, -0.15) is 0 Å². The summed E-state index contributed by atoms with van der Waals surface area (Å²) >= 11 is 7.50. The van der Waals surface area contributed by atoms with Crippen LogP contribution < -0.4 is 16.2 Å². The molecule has 0 aromatic carbocycles. The summed E-state index contributed by atoms with van der Waals surface area (Å²) in [6, 6.07) is 5.75. The van der Waals surface area contributed by atoms with Gasteiger partial charge in [-0.3, -0.25) is 0 Å². The van der Waals surface area contributed by atoms with E-state index in [1.807, 2.05) is 37.1 Å². The Morgan fingerprint density at radius 3 is 2.79 bits per heavy atom. The largest absolute Gasteiger partial charge is 0.354 e. The van der Waals surface area contributed by atoms with E-state index in [1.54, 1.807) is 11.3 Å². The molecule has 0 aliphatic carbocycles. The summed E-state index contributed by atoms with van der Waals surface area (Å²) in [7, 11) is 1.98. The Balaban J connectivity index is 2.20. The number of hydrogen-bond acceptors (Lipinski definition) is 6. The third kappa shape index (κ3) is 3.56. The fourth-order valence-corrected chi connectivity index (χ4v) is 2.80. The van der Waals surface area contributed by atoms with Crippen LogP contribution in [-0.4, -0.2) is 17.0 Å². The van der Waals surface area contributed by atoms with Crippen LogP contribution in [0.3, 0.4) is 0 Å². The van der Waals surface area contributed by atoms with Gasteiger partial charge in [-0.15, -0.1) is 11.3 Å². The van der Waals surface area contributed by atoms with Crippen LogP contribution in [0.1, 0.15) is 17.6 Å². The molecule has 102 valence electrons. The number of nitrogens with zero attached hydrogens (tertiary/aromatic N) is 3. The molecule has 2 heterocycles. The number of hydrazine groups is 1. The van der Waals surface area contributed by atoms with Crippen molar-refractivity contribution in [1.29, 1.82) is 0 Å². The number of halogens is 1. The summed E-state index contributed by atoms with van der Waals surface area (Å²) in [4.78, 5) is 12.0. The lowest BCUT2D eigenvalue weighted by Gasteiger charge is -2.18. The highest BCUT2D eigenvalue weighted by atomic mass is 35.5. The first-order valence-corrected chi connectivity index (χ1v) is 7.11. The van der Waals surface area contributed by atoms with Crippen molar-refractivity contribution >= 4 is 34.6 Å². The van der Waals surface area contributed by atoms with Crippen molar-refractivity contribution in [3.05, 3.63) is 33.2 Å². The van der Waals surface area contributed by atoms with Crippen LogP contribution in [0.25, 0.3) is 0 Å². The summed E-state index contributed by atoms with van der Waals surface area (Å²) in [5.74, 6) is 7.65. The summed E-state index contributed by atoms with van der Waals surface area (Å²) in [6.45, 7) is 2.76. The normalized spacial score (nSPS) is 10.5. The molecule has 0 atom stereocenters. The van der Waals surface area contributed by atoms with Gasteiger partial charge in [-0.05, 0) is 12.1 Å². The van der Waals surface area contributed by atoms with Gasteiger partial charge in [0.1, 0.15) is 17.5 Å². The number of thiophene rings is 1. The molecule has 5 nitrogen and oxygen atoms in total. The van der Waals surface area contributed by atoms with Crippen LogP contribution in [0.5, 0.6) is 0 Å². The molecule has 0 aliphatic heterocycles. The molecule has 0 aliphatic rings. The minimum absolute atomic E-state index is 0.623. The van der Waals surface area contributed by atoms with Gasteiger partial charge in [0.2, 0.25) is 0 Å². The maximum Gasteiger partial charge on any atom is 0.145 e. The maximum absolute atomic E-state index is 5.93. The van der Waals surface area contributed by atoms with Crippen LogP contribution >= 0.6 is 22.9 Å². The van der Waals surface area contributed by atoms with Gasteiger partial charge in [0, 0.05) is 24.4 Å². The fraction of sp³-hybridized carbons (Fsp3) is 0.333. The SMILES string of the molecule is CCc1nc(NN)cc(N(C)Cc2ccc(Cl)s2)n1. The topological polar surface area (TPSA) is 67.1 Å². The Hall–Kier alpha value is -1.37. The first-order chi connectivity index (χ1) is 9.12. The van der Waals surface area contributed by atoms with Crippen LogP contribution in [0, 0.1) is 0 Å². The lowest BCUT2D eigenvalue weighted by molar-refractivity contribution is 0.866. The molecule has 19 heavy (non-hydrogen) atoms. The Morgan fingerprint density at radius 2 is 2.21 bits per heavy atom. The number of aryl methyl sites for hydroxylation is 1. The Kier molecular flexibility index (Phi) is 4.57. The van der Waals surface area contributed by atoms with Gasteiger partial charge in [0.25, 0.3) is 0 Å². The van der Waals surface area contributed by atoms with Crippen molar-refractivity contribution in [3.8, 4) is 0 Å². The van der Waals surface area contributed by atoms with Crippen LogP contribution in [0.4, 0.5) is 11.6 Å². The smallest absolute Gasteiger partial charge is 0.145 e. The fourth-order valence-electron chi connectivity index (χ4n) is 1.66. The molecule has 0 saturated carbocycles. The molecule has 0 unspecified atom stereocenters. The second kappa shape index (κ2) is 6.18. The molecule has 7 heteroatoms. The lowest BCUT2D eigenvalue weighted by Crippen LogP contribution is -2.19. The second-order valence-electron chi connectivity index (χ2n) is 4.09. The number of nitrogens with two attached hydrogens (primary N) is 1. The first kappa shape index (κ1) is 14.0. The molecule has 0 radical (unpaired) electrons. The molecule has 2 aromatic heterocycles. The molecule has 0 amide bonds. The van der Waals surface area contributed by atoms with Gasteiger partial charge in [0.15, 0.2) is 0 Å². The summed E-state index contributed by atoms with van der Waals surface area (Å²) in [6.07, 6.45) is 0.765. The van der Waals surface area contributed by atoms with Gasteiger partial charge in [-0.1, -0.05) is 18.5 Å². The van der Waals surface area contributed by atoms with Gasteiger partial charge >= 0.3 is 0 Å². The number of aromatic nitrogens is 2. The number of anilines is 2. The maximum atomic E-state index is 5.93. The molecule has 2 aromatic rings. The lowest BCUT2D eigenvalue weighted by atomic mass is 10.4. The van der Waals surface area contributed by atoms with E-state index in [-0.39, 0.29) is 0 Å². The molecule has 0 spiro atoms. The van der Waals surface area contributed by atoms with Crippen LogP contribution in [0.15, 0.2) is 18.2 Å². The molecule has 3 N–H and O–H groups in total. The highest BCUT2D eigenvalue weighted by molar-refractivity contribution is 7.16. The molecule has 2 rings (SSSR count). The van der Waals surface area contributed by atoms with Gasteiger partial charge in [-0.25, -0.2) is 15.8 Å².